The van der Waals surface area contributed by atoms with Crippen molar-refractivity contribution in [1.82, 2.24) is 5.32 Å². The molecule has 1 nitrogen and oxygen atoms in total. The highest BCUT2D eigenvalue weighted by Gasteiger charge is 2.30. The van der Waals surface area contributed by atoms with Crippen LogP contribution in [0.1, 0.15) is 65.2 Å². The molecule has 94 valence electrons. The molecule has 3 unspecified atom stereocenters. The van der Waals surface area contributed by atoms with E-state index in [1.54, 1.807) is 0 Å². The van der Waals surface area contributed by atoms with Gasteiger partial charge in [-0.25, -0.2) is 0 Å². The summed E-state index contributed by atoms with van der Waals surface area (Å²) in [6.07, 6.45) is 11.9. The Morgan fingerprint density at radius 3 is 2.44 bits per heavy atom. The summed E-state index contributed by atoms with van der Waals surface area (Å²) in [5.74, 6) is 3.00. The fourth-order valence-electron chi connectivity index (χ4n) is 3.93. The number of nitrogens with one attached hydrogen (secondary N) is 1. The molecule has 0 aromatic carbocycles. The van der Waals surface area contributed by atoms with Gasteiger partial charge in [0, 0.05) is 6.04 Å². The Bertz CT molecular complexity index is 196. The van der Waals surface area contributed by atoms with Gasteiger partial charge < -0.3 is 5.32 Å². The van der Waals surface area contributed by atoms with Crippen molar-refractivity contribution in [2.75, 3.05) is 6.54 Å². The van der Waals surface area contributed by atoms with E-state index in [1.807, 2.05) is 0 Å². The maximum Gasteiger partial charge on any atom is 0.00979 e. The summed E-state index contributed by atoms with van der Waals surface area (Å²) in [6, 6.07) is 0.832. The predicted molar refractivity (Wildman–Crippen MR) is 70.5 cm³/mol. The second-order valence-corrected chi connectivity index (χ2v) is 6.23. The third-order valence-corrected chi connectivity index (χ3v) is 4.83. The Morgan fingerprint density at radius 1 is 1.12 bits per heavy atom. The van der Waals surface area contributed by atoms with Gasteiger partial charge in [0.25, 0.3) is 0 Å². The second kappa shape index (κ2) is 6.05. The largest absolute Gasteiger partial charge is 0.314 e. The molecule has 1 heteroatoms. The zero-order valence-corrected chi connectivity index (χ0v) is 11.2. The Labute approximate surface area is 101 Å². The van der Waals surface area contributed by atoms with Crippen LogP contribution in [0.2, 0.25) is 0 Å². The van der Waals surface area contributed by atoms with Crippen LogP contribution in [-0.4, -0.2) is 12.6 Å². The van der Waals surface area contributed by atoms with Gasteiger partial charge in [0.15, 0.2) is 0 Å². The second-order valence-electron chi connectivity index (χ2n) is 6.23. The molecule has 2 saturated carbocycles. The quantitative estimate of drug-likeness (QED) is 0.743. The summed E-state index contributed by atoms with van der Waals surface area (Å²) < 4.78 is 0. The van der Waals surface area contributed by atoms with Crippen LogP contribution < -0.4 is 5.32 Å². The Balaban J connectivity index is 1.83. The molecule has 0 bridgehead atoms. The van der Waals surface area contributed by atoms with E-state index >= 15 is 0 Å². The van der Waals surface area contributed by atoms with Gasteiger partial charge in [-0.2, -0.15) is 0 Å². The molecular formula is C15H29N. The minimum atomic E-state index is 0.832. The van der Waals surface area contributed by atoms with Crippen molar-refractivity contribution < 1.29 is 0 Å². The highest BCUT2D eigenvalue weighted by Crippen LogP contribution is 2.37. The summed E-state index contributed by atoms with van der Waals surface area (Å²) >= 11 is 0. The summed E-state index contributed by atoms with van der Waals surface area (Å²) in [6.45, 7) is 5.85. The van der Waals surface area contributed by atoms with Gasteiger partial charge in [0.1, 0.15) is 0 Å². The zero-order valence-electron chi connectivity index (χ0n) is 11.2. The lowest BCUT2D eigenvalue weighted by Gasteiger charge is -2.27. The van der Waals surface area contributed by atoms with Gasteiger partial charge in [0.05, 0.1) is 0 Å². The summed E-state index contributed by atoms with van der Waals surface area (Å²) in [4.78, 5) is 0. The van der Waals surface area contributed by atoms with Crippen LogP contribution in [0.3, 0.4) is 0 Å². The summed E-state index contributed by atoms with van der Waals surface area (Å²) in [5.41, 5.74) is 0. The lowest BCUT2D eigenvalue weighted by molar-refractivity contribution is 0.294. The molecule has 1 N–H and O–H groups in total. The average Bonchev–Trinajstić information content (AvgIpc) is 2.88. The maximum absolute atomic E-state index is 3.77. The fraction of sp³-hybridized carbons (Fsp3) is 1.00. The lowest BCUT2D eigenvalue weighted by atomic mass is 9.88. The number of rotatable bonds is 5. The summed E-state index contributed by atoms with van der Waals surface area (Å²) in [7, 11) is 0. The van der Waals surface area contributed by atoms with Gasteiger partial charge in [-0.3, -0.25) is 0 Å². The van der Waals surface area contributed by atoms with Crippen LogP contribution in [0.25, 0.3) is 0 Å². The molecule has 0 heterocycles. The molecule has 2 rings (SSSR count). The fourth-order valence-corrected chi connectivity index (χ4v) is 3.93. The molecule has 16 heavy (non-hydrogen) atoms. The Hall–Kier alpha value is -0.0400. The molecule has 0 radical (unpaired) electrons. The van der Waals surface area contributed by atoms with Crippen LogP contribution in [-0.2, 0) is 0 Å². The van der Waals surface area contributed by atoms with Gasteiger partial charge in [0.2, 0.25) is 0 Å². The molecule has 0 amide bonds. The van der Waals surface area contributed by atoms with Crippen LogP contribution in [0.4, 0.5) is 0 Å². The van der Waals surface area contributed by atoms with E-state index in [1.165, 1.54) is 51.4 Å². The van der Waals surface area contributed by atoms with Gasteiger partial charge in [-0.15, -0.1) is 0 Å². The predicted octanol–water partition coefficient (Wildman–Crippen LogP) is 3.98. The molecule has 0 spiro atoms. The van der Waals surface area contributed by atoms with Crippen molar-refractivity contribution in [3.63, 3.8) is 0 Å². The van der Waals surface area contributed by atoms with E-state index in [0.29, 0.717) is 0 Å². The van der Waals surface area contributed by atoms with Crippen molar-refractivity contribution in [2.45, 2.75) is 71.3 Å². The zero-order chi connectivity index (χ0) is 11.4. The third-order valence-electron chi connectivity index (χ3n) is 4.83. The maximum atomic E-state index is 3.77. The molecular weight excluding hydrogens is 194 g/mol. The third kappa shape index (κ3) is 3.23. The average molecular weight is 223 g/mol. The van der Waals surface area contributed by atoms with E-state index < -0.39 is 0 Å². The minimum Gasteiger partial charge on any atom is -0.314 e. The van der Waals surface area contributed by atoms with Crippen LogP contribution in [0, 0.1) is 17.8 Å². The monoisotopic (exact) mass is 223 g/mol. The Kier molecular flexibility index (Phi) is 4.69. The molecule has 0 aliphatic heterocycles. The molecule has 3 atom stereocenters. The highest BCUT2D eigenvalue weighted by atomic mass is 14.9. The van der Waals surface area contributed by atoms with Crippen LogP contribution in [0.5, 0.6) is 0 Å². The van der Waals surface area contributed by atoms with Crippen molar-refractivity contribution >= 4 is 0 Å². The van der Waals surface area contributed by atoms with E-state index in [0.717, 1.165) is 30.3 Å². The molecule has 2 aliphatic rings. The van der Waals surface area contributed by atoms with Crippen LogP contribution >= 0.6 is 0 Å². The minimum absolute atomic E-state index is 0.832. The number of hydrogen-bond acceptors (Lipinski definition) is 1. The molecule has 0 saturated heterocycles. The molecule has 2 fully saturated rings. The normalized spacial score (nSPS) is 33.4. The van der Waals surface area contributed by atoms with Crippen molar-refractivity contribution in [3.05, 3.63) is 0 Å². The first kappa shape index (κ1) is 12.4. The number of hydrogen-bond donors (Lipinski definition) is 1. The first-order valence-electron chi connectivity index (χ1n) is 7.53. The summed E-state index contributed by atoms with van der Waals surface area (Å²) in [5, 5.41) is 3.77. The van der Waals surface area contributed by atoms with E-state index in [2.05, 4.69) is 19.2 Å². The van der Waals surface area contributed by atoms with Crippen LogP contribution in [0.15, 0.2) is 0 Å². The SMILES string of the molecule is CCNC(CC1CCCC1)C1CCC(C)C1. The lowest BCUT2D eigenvalue weighted by Crippen LogP contribution is -2.36. The first-order valence-corrected chi connectivity index (χ1v) is 7.53. The molecule has 0 aromatic rings. The smallest absolute Gasteiger partial charge is 0.00979 e. The van der Waals surface area contributed by atoms with Gasteiger partial charge in [-0.1, -0.05) is 46.0 Å². The van der Waals surface area contributed by atoms with E-state index in [-0.39, 0.29) is 0 Å². The van der Waals surface area contributed by atoms with Gasteiger partial charge in [-0.05, 0) is 43.6 Å². The van der Waals surface area contributed by atoms with Crippen molar-refractivity contribution in [1.29, 1.82) is 0 Å². The Morgan fingerprint density at radius 2 is 1.88 bits per heavy atom. The standard InChI is InChI=1S/C15H29N/c1-3-16-15(11-13-6-4-5-7-13)14-9-8-12(2)10-14/h12-16H,3-11H2,1-2H3. The molecule has 0 aromatic heterocycles. The topological polar surface area (TPSA) is 12.0 Å². The van der Waals surface area contributed by atoms with Gasteiger partial charge >= 0.3 is 0 Å². The van der Waals surface area contributed by atoms with Crippen molar-refractivity contribution in [2.24, 2.45) is 17.8 Å². The molecule has 2 aliphatic carbocycles. The van der Waals surface area contributed by atoms with Crippen molar-refractivity contribution in [3.8, 4) is 0 Å². The van der Waals surface area contributed by atoms with E-state index in [4.69, 9.17) is 0 Å². The van der Waals surface area contributed by atoms with E-state index in [9.17, 15) is 0 Å². The first-order chi connectivity index (χ1) is 7.79. The highest BCUT2D eigenvalue weighted by molar-refractivity contribution is 4.85.